The lowest BCUT2D eigenvalue weighted by atomic mass is 10.1. The van der Waals surface area contributed by atoms with E-state index in [1.807, 2.05) is 17.0 Å². The highest BCUT2D eigenvalue weighted by molar-refractivity contribution is 5.99. The zero-order valence-electron chi connectivity index (χ0n) is 12.6. The third-order valence-electron chi connectivity index (χ3n) is 4.70. The van der Waals surface area contributed by atoms with E-state index in [9.17, 15) is 4.79 Å². The molecular weight excluding hydrogens is 302 g/mol. The van der Waals surface area contributed by atoms with E-state index < -0.39 is 0 Å². The zero-order valence-corrected chi connectivity index (χ0v) is 13.4. The fourth-order valence-electron chi connectivity index (χ4n) is 3.56. The molecule has 3 aliphatic rings. The highest BCUT2D eigenvalue weighted by Crippen LogP contribution is 2.36. The third-order valence-corrected chi connectivity index (χ3v) is 4.70. The molecule has 0 aliphatic carbocycles. The molecule has 5 nitrogen and oxygen atoms in total. The molecular formula is C16H22ClN3O2. The first-order valence-corrected chi connectivity index (χ1v) is 7.87. The van der Waals surface area contributed by atoms with Crippen LogP contribution in [-0.4, -0.2) is 56.2 Å². The first kappa shape index (κ1) is 15.4. The van der Waals surface area contributed by atoms with E-state index in [0.717, 1.165) is 49.7 Å². The first-order chi connectivity index (χ1) is 10.3. The summed E-state index contributed by atoms with van der Waals surface area (Å²) in [7, 11) is 0. The molecule has 1 N–H and O–H groups in total. The average Bonchev–Trinajstić information content (AvgIpc) is 3.02. The number of nitrogens with zero attached hydrogens (tertiary/aromatic N) is 2. The van der Waals surface area contributed by atoms with Crippen LogP contribution in [0.15, 0.2) is 18.2 Å². The van der Waals surface area contributed by atoms with Crippen LogP contribution in [0.5, 0.6) is 5.75 Å². The Bertz CT molecular complexity index is 560. The van der Waals surface area contributed by atoms with Gasteiger partial charge < -0.3 is 19.9 Å². The number of para-hydroxylation sites is 1. The maximum atomic E-state index is 12.8. The van der Waals surface area contributed by atoms with Crippen molar-refractivity contribution >= 4 is 24.0 Å². The summed E-state index contributed by atoms with van der Waals surface area (Å²) in [6.45, 7) is 5.14. The number of carbonyl (C=O) groups is 1. The minimum absolute atomic E-state index is 0. The highest BCUT2D eigenvalue weighted by atomic mass is 35.5. The predicted octanol–water partition coefficient (Wildman–Crippen LogP) is 1.51. The van der Waals surface area contributed by atoms with Gasteiger partial charge in [-0.3, -0.25) is 4.79 Å². The van der Waals surface area contributed by atoms with Gasteiger partial charge in [-0.15, -0.1) is 12.4 Å². The van der Waals surface area contributed by atoms with Crippen LogP contribution in [0, 0.1) is 0 Å². The Balaban J connectivity index is 0.00000144. The molecule has 2 saturated heterocycles. The van der Waals surface area contributed by atoms with Crippen LogP contribution >= 0.6 is 12.4 Å². The molecule has 3 aliphatic heterocycles. The van der Waals surface area contributed by atoms with Gasteiger partial charge in [0.1, 0.15) is 6.61 Å². The summed E-state index contributed by atoms with van der Waals surface area (Å²) in [5.74, 6) is 0.911. The van der Waals surface area contributed by atoms with Crippen molar-refractivity contribution in [2.75, 3.05) is 44.2 Å². The molecule has 0 spiro atoms. The summed E-state index contributed by atoms with van der Waals surface area (Å²) in [5.41, 5.74) is 1.81. The summed E-state index contributed by atoms with van der Waals surface area (Å²) >= 11 is 0. The largest absolute Gasteiger partial charge is 0.488 e. The normalized spacial score (nSPS) is 24.0. The van der Waals surface area contributed by atoms with Crippen molar-refractivity contribution in [3.8, 4) is 5.75 Å². The standard InChI is InChI=1S/C16H21N3O2.ClH/c20-16-13-4-3-5-14(18-7-1-2-8-18)15(13)21-11-12-10-17-6-9-19(12)16;/h3-5,12,17H,1-2,6-11H2;1H. The van der Waals surface area contributed by atoms with Gasteiger partial charge in [0.25, 0.3) is 5.91 Å². The molecule has 1 amide bonds. The van der Waals surface area contributed by atoms with E-state index in [0.29, 0.717) is 6.61 Å². The Hall–Kier alpha value is -1.46. The zero-order chi connectivity index (χ0) is 14.2. The van der Waals surface area contributed by atoms with Crippen molar-refractivity contribution in [1.82, 2.24) is 10.2 Å². The second-order valence-electron chi connectivity index (χ2n) is 6.02. The average molecular weight is 324 g/mol. The number of carbonyl (C=O) groups excluding carboxylic acids is 1. The lowest BCUT2D eigenvalue weighted by Crippen LogP contribution is -2.54. The van der Waals surface area contributed by atoms with Crippen LogP contribution in [0.1, 0.15) is 23.2 Å². The van der Waals surface area contributed by atoms with Gasteiger partial charge in [0, 0.05) is 32.7 Å². The van der Waals surface area contributed by atoms with Crippen LogP contribution in [0.3, 0.4) is 0 Å². The fraction of sp³-hybridized carbons (Fsp3) is 0.562. The molecule has 3 heterocycles. The smallest absolute Gasteiger partial charge is 0.258 e. The number of anilines is 1. The van der Waals surface area contributed by atoms with Crippen LogP contribution in [-0.2, 0) is 0 Å². The number of hydrogen-bond acceptors (Lipinski definition) is 4. The van der Waals surface area contributed by atoms with E-state index in [4.69, 9.17) is 4.74 Å². The summed E-state index contributed by atoms with van der Waals surface area (Å²) in [4.78, 5) is 17.1. The number of rotatable bonds is 1. The molecule has 1 aromatic rings. The lowest BCUT2D eigenvalue weighted by molar-refractivity contribution is 0.0606. The van der Waals surface area contributed by atoms with Crippen LogP contribution < -0.4 is 15.0 Å². The molecule has 120 valence electrons. The van der Waals surface area contributed by atoms with Crippen molar-refractivity contribution in [2.24, 2.45) is 0 Å². The van der Waals surface area contributed by atoms with E-state index in [-0.39, 0.29) is 24.4 Å². The van der Waals surface area contributed by atoms with Gasteiger partial charge in [-0.1, -0.05) is 6.07 Å². The maximum Gasteiger partial charge on any atom is 0.258 e. The second-order valence-corrected chi connectivity index (χ2v) is 6.02. The SMILES string of the molecule is Cl.O=C1c2cccc(N3CCCC3)c2OCC2CNCCN12. The van der Waals surface area contributed by atoms with Crippen LogP contribution in [0.25, 0.3) is 0 Å². The number of halogens is 1. The third kappa shape index (κ3) is 2.52. The highest BCUT2D eigenvalue weighted by Gasteiger charge is 2.34. The van der Waals surface area contributed by atoms with Crippen molar-refractivity contribution in [1.29, 1.82) is 0 Å². The summed E-state index contributed by atoms with van der Waals surface area (Å²) in [5, 5.41) is 3.34. The molecule has 0 radical (unpaired) electrons. The van der Waals surface area contributed by atoms with Gasteiger partial charge in [0.15, 0.2) is 5.75 Å². The second kappa shape index (κ2) is 6.34. The number of amides is 1. The van der Waals surface area contributed by atoms with Crippen molar-refractivity contribution < 1.29 is 9.53 Å². The molecule has 1 atom stereocenters. The molecule has 1 unspecified atom stereocenters. The Morgan fingerprint density at radius 1 is 1.18 bits per heavy atom. The maximum absolute atomic E-state index is 12.8. The molecule has 2 fully saturated rings. The molecule has 6 heteroatoms. The number of nitrogens with one attached hydrogen (secondary N) is 1. The van der Waals surface area contributed by atoms with Gasteiger partial charge in [-0.2, -0.15) is 0 Å². The van der Waals surface area contributed by atoms with E-state index in [2.05, 4.69) is 16.3 Å². The Morgan fingerprint density at radius 3 is 2.82 bits per heavy atom. The monoisotopic (exact) mass is 323 g/mol. The molecule has 1 aromatic carbocycles. The summed E-state index contributed by atoms with van der Waals surface area (Å²) < 4.78 is 6.09. The van der Waals surface area contributed by atoms with Crippen LogP contribution in [0.4, 0.5) is 5.69 Å². The lowest BCUT2D eigenvalue weighted by Gasteiger charge is -2.33. The first-order valence-electron chi connectivity index (χ1n) is 7.87. The van der Waals surface area contributed by atoms with Crippen molar-refractivity contribution in [3.05, 3.63) is 23.8 Å². The summed E-state index contributed by atoms with van der Waals surface area (Å²) in [6.07, 6.45) is 2.44. The molecule has 4 rings (SSSR count). The number of piperazine rings is 1. The Kier molecular flexibility index (Phi) is 4.45. The molecule has 0 aromatic heterocycles. The minimum Gasteiger partial charge on any atom is -0.488 e. The topological polar surface area (TPSA) is 44.8 Å². The number of fused-ring (bicyclic) bond motifs is 2. The van der Waals surface area contributed by atoms with E-state index >= 15 is 0 Å². The molecule has 0 saturated carbocycles. The van der Waals surface area contributed by atoms with Gasteiger partial charge in [-0.05, 0) is 25.0 Å². The van der Waals surface area contributed by atoms with Gasteiger partial charge in [0.05, 0.1) is 17.3 Å². The fourth-order valence-corrected chi connectivity index (χ4v) is 3.56. The Labute approximate surface area is 137 Å². The number of ether oxygens (including phenoxy) is 1. The predicted molar refractivity (Wildman–Crippen MR) is 88.3 cm³/mol. The van der Waals surface area contributed by atoms with Gasteiger partial charge in [-0.25, -0.2) is 0 Å². The Morgan fingerprint density at radius 2 is 2.00 bits per heavy atom. The summed E-state index contributed by atoms with van der Waals surface area (Å²) in [6, 6.07) is 6.11. The minimum atomic E-state index is 0. The number of benzene rings is 1. The quantitative estimate of drug-likeness (QED) is 0.851. The van der Waals surface area contributed by atoms with Crippen molar-refractivity contribution in [2.45, 2.75) is 18.9 Å². The van der Waals surface area contributed by atoms with Gasteiger partial charge >= 0.3 is 0 Å². The molecule has 22 heavy (non-hydrogen) atoms. The van der Waals surface area contributed by atoms with E-state index in [1.165, 1.54) is 12.8 Å². The van der Waals surface area contributed by atoms with Crippen molar-refractivity contribution in [3.63, 3.8) is 0 Å². The molecule has 0 bridgehead atoms. The van der Waals surface area contributed by atoms with Gasteiger partial charge in [0.2, 0.25) is 0 Å². The van der Waals surface area contributed by atoms with E-state index in [1.54, 1.807) is 0 Å². The number of hydrogen-bond donors (Lipinski definition) is 1. The van der Waals surface area contributed by atoms with Crippen LogP contribution in [0.2, 0.25) is 0 Å².